The minimum Gasteiger partial charge on any atom is -0.0888 e. The Labute approximate surface area is 244 Å². The third-order valence-corrected chi connectivity index (χ3v) is 10.5. The Kier molecular flexibility index (Phi) is 4.77. The molecule has 0 spiro atoms. The largest absolute Gasteiger partial charge is 0.0888 e. The van der Waals surface area contributed by atoms with Gasteiger partial charge in [-0.2, -0.15) is 0 Å². The molecule has 1 heterocycles. The van der Waals surface area contributed by atoms with E-state index in [0.717, 1.165) is 0 Å². The van der Waals surface area contributed by atoms with Crippen LogP contribution in [0.1, 0.15) is 23.6 Å². The molecule has 0 saturated carbocycles. The van der Waals surface area contributed by atoms with Crippen LogP contribution in [0.4, 0.5) is 0 Å². The van der Waals surface area contributed by atoms with Crippen LogP contribution in [-0.4, -0.2) is 0 Å². The highest BCUT2D eigenvalue weighted by Gasteiger charge is 2.42. The van der Waals surface area contributed by atoms with Crippen LogP contribution in [0, 0.1) is 0 Å². The lowest BCUT2D eigenvalue weighted by Gasteiger charge is -2.30. The first-order chi connectivity index (χ1) is 20.2. The SMILES string of the molecule is CC1(c2ccccc2)c2cc(-c3ccc4c5c(cccc35)-c3ccccc3S4)ccc2-c2ccc3ccccc3c21. The topological polar surface area (TPSA) is 0 Å². The molecule has 0 bridgehead atoms. The highest BCUT2D eigenvalue weighted by Crippen LogP contribution is 2.56. The summed E-state index contributed by atoms with van der Waals surface area (Å²) in [4.78, 5) is 2.67. The van der Waals surface area contributed by atoms with E-state index in [1.54, 1.807) is 0 Å². The molecule has 41 heavy (non-hydrogen) atoms. The zero-order chi connectivity index (χ0) is 27.1. The summed E-state index contributed by atoms with van der Waals surface area (Å²) in [6.45, 7) is 2.43. The van der Waals surface area contributed by atoms with Crippen molar-refractivity contribution in [2.24, 2.45) is 0 Å². The highest BCUT2D eigenvalue weighted by molar-refractivity contribution is 7.99. The fourth-order valence-electron chi connectivity index (χ4n) is 7.43. The van der Waals surface area contributed by atoms with Gasteiger partial charge in [0.25, 0.3) is 0 Å². The van der Waals surface area contributed by atoms with Crippen LogP contribution < -0.4 is 0 Å². The smallest absolute Gasteiger partial charge is 0.0441 e. The van der Waals surface area contributed by atoms with E-state index in [2.05, 4.69) is 146 Å². The molecule has 192 valence electrons. The maximum Gasteiger partial charge on any atom is 0.0441 e. The van der Waals surface area contributed by atoms with Gasteiger partial charge in [0.15, 0.2) is 0 Å². The van der Waals surface area contributed by atoms with E-state index in [0.29, 0.717) is 0 Å². The molecule has 0 fully saturated rings. The molecule has 1 aliphatic heterocycles. The molecule has 0 radical (unpaired) electrons. The first kappa shape index (κ1) is 23.1. The molecule has 7 aromatic rings. The molecule has 0 N–H and O–H groups in total. The van der Waals surface area contributed by atoms with E-state index in [-0.39, 0.29) is 5.41 Å². The van der Waals surface area contributed by atoms with E-state index < -0.39 is 0 Å². The molecular weight excluding hydrogens is 513 g/mol. The third-order valence-electron chi connectivity index (χ3n) is 9.34. The Morgan fingerprint density at radius 1 is 0.488 bits per heavy atom. The summed E-state index contributed by atoms with van der Waals surface area (Å²) >= 11 is 1.89. The van der Waals surface area contributed by atoms with Gasteiger partial charge in [0, 0.05) is 20.6 Å². The second kappa shape index (κ2) is 8.46. The normalized spacial score (nSPS) is 16.4. The van der Waals surface area contributed by atoms with Crippen molar-refractivity contribution in [2.75, 3.05) is 0 Å². The van der Waals surface area contributed by atoms with Crippen LogP contribution in [0.25, 0.3) is 54.9 Å². The molecule has 0 saturated heterocycles. The third kappa shape index (κ3) is 3.13. The van der Waals surface area contributed by atoms with Crippen LogP contribution in [0.3, 0.4) is 0 Å². The van der Waals surface area contributed by atoms with Gasteiger partial charge < -0.3 is 0 Å². The van der Waals surface area contributed by atoms with Gasteiger partial charge in [-0.25, -0.2) is 0 Å². The van der Waals surface area contributed by atoms with Crippen molar-refractivity contribution in [2.45, 2.75) is 22.1 Å². The molecule has 7 aromatic carbocycles. The lowest BCUT2D eigenvalue weighted by molar-refractivity contribution is 0.720. The number of hydrogen-bond acceptors (Lipinski definition) is 1. The molecule has 0 amide bonds. The molecule has 1 atom stereocenters. The summed E-state index contributed by atoms with van der Waals surface area (Å²) in [5.74, 6) is 0. The van der Waals surface area contributed by atoms with Gasteiger partial charge in [-0.1, -0.05) is 133 Å². The van der Waals surface area contributed by atoms with E-state index >= 15 is 0 Å². The summed E-state index contributed by atoms with van der Waals surface area (Å²) in [7, 11) is 0. The zero-order valence-corrected chi connectivity index (χ0v) is 23.5. The predicted octanol–water partition coefficient (Wildman–Crippen LogP) is 11.1. The second-order valence-electron chi connectivity index (χ2n) is 11.4. The fraction of sp³-hybridized carbons (Fsp3) is 0.0500. The van der Waals surface area contributed by atoms with Crippen molar-refractivity contribution in [1.29, 1.82) is 0 Å². The van der Waals surface area contributed by atoms with Gasteiger partial charge in [0.1, 0.15) is 0 Å². The average molecular weight is 539 g/mol. The molecule has 9 rings (SSSR count). The quantitative estimate of drug-likeness (QED) is 0.211. The number of rotatable bonds is 2. The van der Waals surface area contributed by atoms with Crippen molar-refractivity contribution in [3.63, 3.8) is 0 Å². The van der Waals surface area contributed by atoms with Crippen LogP contribution in [0.15, 0.2) is 149 Å². The van der Waals surface area contributed by atoms with Crippen LogP contribution in [0.2, 0.25) is 0 Å². The Balaban J connectivity index is 1.31. The fourth-order valence-corrected chi connectivity index (χ4v) is 8.56. The summed E-state index contributed by atoms with van der Waals surface area (Å²) in [6.07, 6.45) is 0. The van der Waals surface area contributed by atoms with Crippen molar-refractivity contribution in [1.82, 2.24) is 0 Å². The summed E-state index contributed by atoms with van der Waals surface area (Å²) in [6, 6.07) is 52.0. The van der Waals surface area contributed by atoms with Gasteiger partial charge in [0.2, 0.25) is 0 Å². The van der Waals surface area contributed by atoms with Gasteiger partial charge in [-0.3, -0.25) is 0 Å². The van der Waals surface area contributed by atoms with Gasteiger partial charge in [-0.15, -0.1) is 0 Å². The van der Waals surface area contributed by atoms with E-state index in [4.69, 9.17) is 0 Å². The van der Waals surface area contributed by atoms with Crippen molar-refractivity contribution in [3.8, 4) is 33.4 Å². The first-order valence-corrected chi connectivity index (χ1v) is 15.1. The van der Waals surface area contributed by atoms with Crippen LogP contribution in [0.5, 0.6) is 0 Å². The minimum absolute atomic E-state index is 0.260. The Bertz CT molecular complexity index is 2190. The molecule has 2 aliphatic rings. The van der Waals surface area contributed by atoms with Crippen LogP contribution in [-0.2, 0) is 5.41 Å². The van der Waals surface area contributed by atoms with Gasteiger partial charge >= 0.3 is 0 Å². The predicted molar refractivity (Wildman–Crippen MR) is 174 cm³/mol. The average Bonchev–Trinajstić information content (AvgIpc) is 3.30. The highest BCUT2D eigenvalue weighted by atomic mass is 32.2. The lowest BCUT2D eigenvalue weighted by Crippen LogP contribution is -2.22. The first-order valence-electron chi connectivity index (χ1n) is 14.3. The number of benzene rings is 7. The van der Waals surface area contributed by atoms with Gasteiger partial charge in [0.05, 0.1) is 0 Å². The maximum atomic E-state index is 2.48. The molecule has 1 aliphatic carbocycles. The summed E-state index contributed by atoms with van der Waals surface area (Å²) in [5, 5.41) is 5.33. The molecule has 1 unspecified atom stereocenters. The van der Waals surface area contributed by atoms with Crippen molar-refractivity contribution in [3.05, 3.63) is 156 Å². The summed E-state index contributed by atoms with van der Waals surface area (Å²) < 4.78 is 0. The number of hydrogen-bond donors (Lipinski definition) is 0. The Morgan fingerprint density at radius 3 is 2.15 bits per heavy atom. The van der Waals surface area contributed by atoms with E-state index in [9.17, 15) is 0 Å². The molecule has 1 heteroatoms. The molecule has 0 aromatic heterocycles. The summed E-state index contributed by atoms with van der Waals surface area (Å²) in [5.41, 5.74) is 11.8. The molecular formula is C40H26S. The van der Waals surface area contributed by atoms with Crippen molar-refractivity contribution < 1.29 is 0 Å². The van der Waals surface area contributed by atoms with Crippen LogP contribution >= 0.6 is 11.8 Å². The van der Waals surface area contributed by atoms with Crippen molar-refractivity contribution >= 4 is 33.3 Å². The lowest BCUT2D eigenvalue weighted by atomic mass is 9.72. The monoisotopic (exact) mass is 538 g/mol. The Morgan fingerprint density at radius 2 is 1.22 bits per heavy atom. The second-order valence-corrected chi connectivity index (χ2v) is 12.5. The van der Waals surface area contributed by atoms with E-state index in [1.165, 1.54) is 81.4 Å². The van der Waals surface area contributed by atoms with Gasteiger partial charge in [-0.05, 0) is 91.4 Å². The van der Waals surface area contributed by atoms with E-state index in [1.807, 2.05) is 11.8 Å². The Hall–Kier alpha value is -4.59. The number of fused-ring (bicyclic) bond motifs is 7. The zero-order valence-electron chi connectivity index (χ0n) is 22.7. The minimum atomic E-state index is -0.260. The molecule has 0 nitrogen and oxygen atoms in total. The maximum absolute atomic E-state index is 2.48. The standard InChI is InChI=1S/C40H26S/c1-40(27-11-3-2-4-12-27)35-24-26(19-20-30(35)34-21-18-25-10-5-6-13-29(25)39(34)40)28-22-23-37-38-32(28)15-9-16-33(38)31-14-7-8-17-36(31)41-37/h2-24H,1H3.